The van der Waals surface area contributed by atoms with Crippen LogP contribution < -0.4 is 5.32 Å². The number of likely N-dealkylation sites (tertiary alicyclic amines) is 1. The van der Waals surface area contributed by atoms with Crippen LogP contribution in [0, 0.1) is 0 Å². The Kier molecular flexibility index (Phi) is 7.98. The van der Waals surface area contributed by atoms with Crippen molar-refractivity contribution in [1.29, 1.82) is 0 Å². The van der Waals surface area contributed by atoms with Crippen LogP contribution in [-0.2, 0) is 11.3 Å². The third kappa shape index (κ3) is 5.73. The van der Waals surface area contributed by atoms with E-state index in [1.165, 1.54) is 0 Å². The zero-order chi connectivity index (χ0) is 25.8. The van der Waals surface area contributed by atoms with Crippen molar-refractivity contribution in [2.24, 2.45) is 0 Å². The number of amides is 1. The predicted octanol–water partition coefficient (Wildman–Crippen LogP) is 3.85. The molecule has 0 aliphatic carbocycles. The van der Waals surface area contributed by atoms with Crippen molar-refractivity contribution in [2.45, 2.75) is 66.1 Å². The van der Waals surface area contributed by atoms with Crippen LogP contribution in [0.1, 0.15) is 57.8 Å². The van der Waals surface area contributed by atoms with Crippen molar-refractivity contribution in [3.8, 4) is 11.4 Å². The minimum absolute atomic E-state index is 0.000870. The SMILES string of the molecule is CC(=O)c1cccc(-c2nc(NCCN(C(C)C)C(C)C)c3ncn(CCN4CCCC4=O)c3n2)c1. The number of rotatable bonds is 11. The third-order valence-electron chi connectivity index (χ3n) is 6.76. The van der Waals surface area contributed by atoms with Crippen molar-refractivity contribution in [2.75, 3.05) is 31.5 Å². The molecule has 9 heteroatoms. The van der Waals surface area contributed by atoms with Gasteiger partial charge in [0.1, 0.15) is 5.52 Å². The lowest BCUT2D eigenvalue weighted by Gasteiger charge is -2.30. The van der Waals surface area contributed by atoms with Crippen molar-refractivity contribution < 1.29 is 9.59 Å². The second-order valence-corrected chi connectivity index (χ2v) is 9.98. The summed E-state index contributed by atoms with van der Waals surface area (Å²) in [6.45, 7) is 14.0. The van der Waals surface area contributed by atoms with Gasteiger partial charge in [-0.2, -0.15) is 0 Å². The largest absolute Gasteiger partial charge is 0.367 e. The van der Waals surface area contributed by atoms with Crippen LogP contribution in [0.15, 0.2) is 30.6 Å². The monoisotopic (exact) mass is 491 g/mol. The quantitative estimate of drug-likeness (QED) is 0.407. The molecule has 4 rings (SSSR count). The molecule has 1 N–H and O–H groups in total. The van der Waals surface area contributed by atoms with Crippen LogP contribution in [0.3, 0.4) is 0 Å². The highest BCUT2D eigenvalue weighted by molar-refractivity contribution is 5.95. The molecule has 36 heavy (non-hydrogen) atoms. The highest BCUT2D eigenvalue weighted by Gasteiger charge is 2.21. The summed E-state index contributed by atoms with van der Waals surface area (Å²) in [5, 5.41) is 3.49. The highest BCUT2D eigenvalue weighted by Crippen LogP contribution is 2.25. The molecule has 1 aliphatic rings. The Balaban J connectivity index is 1.66. The molecular formula is C27H37N7O2. The van der Waals surface area contributed by atoms with Gasteiger partial charge in [-0.1, -0.05) is 18.2 Å². The first-order valence-electron chi connectivity index (χ1n) is 12.9. The molecule has 0 bridgehead atoms. The van der Waals surface area contributed by atoms with E-state index in [1.54, 1.807) is 19.3 Å². The van der Waals surface area contributed by atoms with Crippen LogP contribution in [-0.4, -0.2) is 79.3 Å². The minimum atomic E-state index is -0.000870. The van der Waals surface area contributed by atoms with Gasteiger partial charge in [0.15, 0.2) is 23.1 Å². The zero-order valence-corrected chi connectivity index (χ0v) is 22.0. The summed E-state index contributed by atoms with van der Waals surface area (Å²) < 4.78 is 1.99. The van der Waals surface area contributed by atoms with E-state index in [4.69, 9.17) is 9.97 Å². The number of anilines is 1. The lowest BCUT2D eigenvalue weighted by molar-refractivity contribution is -0.127. The minimum Gasteiger partial charge on any atom is -0.367 e. The third-order valence-corrected chi connectivity index (χ3v) is 6.76. The number of benzene rings is 1. The average molecular weight is 492 g/mol. The maximum Gasteiger partial charge on any atom is 0.222 e. The molecule has 1 fully saturated rings. The van der Waals surface area contributed by atoms with Crippen molar-refractivity contribution in [1.82, 2.24) is 29.3 Å². The fraction of sp³-hybridized carbons (Fsp3) is 0.519. The summed E-state index contributed by atoms with van der Waals surface area (Å²) >= 11 is 0. The van der Waals surface area contributed by atoms with E-state index in [-0.39, 0.29) is 11.7 Å². The van der Waals surface area contributed by atoms with Crippen molar-refractivity contribution in [3.63, 3.8) is 0 Å². The molecule has 0 atom stereocenters. The second kappa shape index (κ2) is 11.2. The number of aromatic nitrogens is 4. The first kappa shape index (κ1) is 25.8. The number of ketones is 1. The lowest BCUT2D eigenvalue weighted by atomic mass is 10.1. The van der Waals surface area contributed by atoms with E-state index in [2.05, 4.69) is 42.9 Å². The Hall–Kier alpha value is -3.33. The lowest BCUT2D eigenvalue weighted by Crippen LogP contribution is -2.40. The summed E-state index contributed by atoms with van der Waals surface area (Å²) in [6, 6.07) is 8.28. The van der Waals surface area contributed by atoms with Gasteiger partial charge in [-0.05, 0) is 47.1 Å². The number of fused-ring (bicyclic) bond motifs is 1. The van der Waals surface area contributed by atoms with Crippen LogP contribution in [0.2, 0.25) is 0 Å². The van der Waals surface area contributed by atoms with Gasteiger partial charge >= 0.3 is 0 Å². The molecule has 0 saturated carbocycles. The molecule has 0 spiro atoms. The summed E-state index contributed by atoms with van der Waals surface area (Å²) in [7, 11) is 0. The Morgan fingerprint density at radius 3 is 2.58 bits per heavy atom. The fourth-order valence-corrected chi connectivity index (χ4v) is 4.82. The fourth-order valence-electron chi connectivity index (χ4n) is 4.82. The Bertz CT molecular complexity index is 1230. The van der Waals surface area contributed by atoms with Gasteiger partial charge in [0, 0.05) is 62.4 Å². The maximum atomic E-state index is 12.1. The molecule has 3 aromatic rings. The summed E-state index contributed by atoms with van der Waals surface area (Å²) in [5.74, 6) is 1.42. The summed E-state index contributed by atoms with van der Waals surface area (Å²) in [5.41, 5.74) is 2.82. The van der Waals surface area contributed by atoms with Crippen molar-refractivity contribution in [3.05, 3.63) is 36.2 Å². The summed E-state index contributed by atoms with van der Waals surface area (Å²) in [6.07, 6.45) is 3.32. The molecule has 0 radical (unpaired) electrons. The number of nitrogens with zero attached hydrogens (tertiary/aromatic N) is 6. The Morgan fingerprint density at radius 2 is 1.92 bits per heavy atom. The number of hydrogen-bond acceptors (Lipinski definition) is 7. The Morgan fingerprint density at radius 1 is 1.14 bits per heavy atom. The highest BCUT2D eigenvalue weighted by atomic mass is 16.2. The smallest absolute Gasteiger partial charge is 0.222 e. The van der Waals surface area contributed by atoms with Crippen LogP contribution >= 0.6 is 0 Å². The second-order valence-electron chi connectivity index (χ2n) is 9.98. The number of carbonyl (C=O) groups is 2. The van der Waals surface area contributed by atoms with Gasteiger partial charge in [-0.25, -0.2) is 15.0 Å². The number of nitrogens with one attached hydrogen (secondary N) is 1. The number of imidazole rings is 1. The van der Waals surface area contributed by atoms with E-state index in [0.29, 0.717) is 66.5 Å². The molecule has 1 amide bonds. The van der Waals surface area contributed by atoms with Crippen LogP contribution in [0.5, 0.6) is 0 Å². The molecule has 1 saturated heterocycles. The number of hydrogen-bond donors (Lipinski definition) is 1. The van der Waals surface area contributed by atoms with E-state index in [9.17, 15) is 9.59 Å². The molecule has 2 aromatic heterocycles. The average Bonchev–Trinajstić information content (AvgIpc) is 3.45. The van der Waals surface area contributed by atoms with Crippen molar-refractivity contribution >= 4 is 28.7 Å². The molecule has 1 aromatic carbocycles. The van der Waals surface area contributed by atoms with Gasteiger partial charge in [-0.3, -0.25) is 14.5 Å². The molecular weight excluding hydrogens is 454 g/mol. The topological polar surface area (TPSA) is 96.3 Å². The van der Waals surface area contributed by atoms with Gasteiger partial charge in [0.25, 0.3) is 0 Å². The van der Waals surface area contributed by atoms with E-state index < -0.39 is 0 Å². The van der Waals surface area contributed by atoms with Gasteiger partial charge < -0.3 is 14.8 Å². The first-order valence-corrected chi connectivity index (χ1v) is 12.9. The number of carbonyl (C=O) groups excluding carboxylic acids is 2. The van der Waals surface area contributed by atoms with E-state index in [1.807, 2.05) is 27.7 Å². The molecule has 192 valence electrons. The first-order chi connectivity index (χ1) is 17.2. The number of Topliss-reactive ketones (excluding diaryl/α,β-unsaturated/α-hetero) is 1. The van der Waals surface area contributed by atoms with Gasteiger partial charge in [-0.15, -0.1) is 0 Å². The van der Waals surface area contributed by atoms with Crippen LogP contribution in [0.25, 0.3) is 22.6 Å². The molecule has 0 unspecified atom stereocenters. The standard InChI is InChI=1S/C27H37N7O2/c1-18(2)34(19(3)4)13-11-28-26-24-27(33(17-29-24)15-14-32-12-7-10-23(32)36)31-25(30-26)22-9-6-8-21(16-22)20(5)35/h6,8-9,16-19H,7,10-15H2,1-5H3,(H,28,30,31). The molecule has 9 nitrogen and oxygen atoms in total. The van der Waals surface area contributed by atoms with E-state index >= 15 is 0 Å². The molecule has 3 heterocycles. The van der Waals surface area contributed by atoms with Gasteiger partial charge in [0.05, 0.1) is 6.33 Å². The van der Waals surface area contributed by atoms with Gasteiger partial charge in [0.2, 0.25) is 5.91 Å². The summed E-state index contributed by atoms with van der Waals surface area (Å²) in [4.78, 5) is 42.7. The normalized spacial score (nSPS) is 14.1. The van der Waals surface area contributed by atoms with E-state index in [0.717, 1.165) is 25.1 Å². The molecule has 1 aliphatic heterocycles. The Labute approximate surface area is 212 Å². The predicted molar refractivity (Wildman–Crippen MR) is 142 cm³/mol. The zero-order valence-electron chi connectivity index (χ0n) is 22.0. The van der Waals surface area contributed by atoms with Crippen LogP contribution in [0.4, 0.5) is 5.82 Å². The maximum absolute atomic E-state index is 12.1.